The molecule has 1 heterocycles. The predicted octanol–water partition coefficient (Wildman–Crippen LogP) is 6.02. The first-order chi connectivity index (χ1) is 17.6. The fraction of sp³-hybridized carbons (Fsp3) is 0.0667. The Balaban J connectivity index is 1.46. The molecule has 0 fully saturated rings. The lowest BCUT2D eigenvalue weighted by Crippen LogP contribution is -2.10. The van der Waals surface area contributed by atoms with E-state index in [1.807, 2.05) is 72.8 Å². The van der Waals surface area contributed by atoms with Crippen molar-refractivity contribution >= 4 is 40.2 Å². The Labute approximate surface area is 209 Å². The van der Waals surface area contributed by atoms with E-state index in [-0.39, 0.29) is 5.91 Å². The highest BCUT2D eigenvalue weighted by Crippen LogP contribution is 2.38. The van der Waals surface area contributed by atoms with Crippen LogP contribution in [0.2, 0.25) is 0 Å². The fourth-order valence-electron chi connectivity index (χ4n) is 4.16. The van der Waals surface area contributed by atoms with E-state index in [0.717, 1.165) is 28.1 Å². The van der Waals surface area contributed by atoms with Crippen molar-refractivity contribution in [1.29, 1.82) is 0 Å². The molecule has 0 bridgehead atoms. The zero-order valence-electron chi connectivity index (χ0n) is 19.7. The Kier molecular flexibility index (Phi) is 6.49. The molecular formula is C30H25N3O3. The van der Waals surface area contributed by atoms with Crippen LogP contribution in [0, 0.1) is 0 Å². The van der Waals surface area contributed by atoms with Crippen molar-refractivity contribution in [3.63, 3.8) is 0 Å². The quantitative estimate of drug-likeness (QED) is 0.225. The fourth-order valence-corrected chi connectivity index (χ4v) is 4.16. The van der Waals surface area contributed by atoms with Gasteiger partial charge in [-0.05, 0) is 47.5 Å². The number of carbonyl (C=O) groups excluding carboxylic acids is 2. The molecule has 0 saturated carbocycles. The van der Waals surface area contributed by atoms with Gasteiger partial charge in [-0.25, -0.2) is 4.79 Å². The molecule has 0 spiro atoms. The van der Waals surface area contributed by atoms with Crippen molar-refractivity contribution in [2.45, 2.75) is 6.54 Å². The van der Waals surface area contributed by atoms with Gasteiger partial charge in [0.25, 0.3) is 5.91 Å². The van der Waals surface area contributed by atoms with Gasteiger partial charge in [0.05, 0.1) is 29.6 Å². The van der Waals surface area contributed by atoms with Gasteiger partial charge in [0.2, 0.25) is 0 Å². The number of hydrogen-bond donors (Lipinski definition) is 3. The lowest BCUT2D eigenvalue weighted by Gasteiger charge is -2.15. The van der Waals surface area contributed by atoms with E-state index in [1.165, 1.54) is 7.11 Å². The highest BCUT2D eigenvalue weighted by Gasteiger charge is 2.29. The van der Waals surface area contributed by atoms with Crippen LogP contribution in [-0.4, -0.2) is 19.0 Å². The molecule has 1 aliphatic rings. The van der Waals surface area contributed by atoms with Crippen LogP contribution in [0.5, 0.6) is 0 Å². The van der Waals surface area contributed by atoms with Crippen molar-refractivity contribution < 1.29 is 14.3 Å². The Morgan fingerprint density at radius 3 is 2.19 bits per heavy atom. The second kappa shape index (κ2) is 10.2. The predicted molar refractivity (Wildman–Crippen MR) is 144 cm³/mol. The molecule has 1 aliphatic heterocycles. The summed E-state index contributed by atoms with van der Waals surface area (Å²) in [7, 11) is 1.33. The number of para-hydroxylation sites is 1. The van der Waals surface area contributed by atoms with E-state index < -0.39 is 5.97 Å². The normalized spacial score (nSPS) is 13.4. The summed E-state index contributed by atoms with van der Waals surface area (Å²) in [6.45, 7) is 0.704. The largest absolute Gasteiger partial charge is 0.465 e. The minimum Gasteiger partial charge on any atom is -0.465 e. The number of ether oxygens (including phenoxy) is 1. The van der Waals surface area contributed by atoms with E-state index in [1.54, 1.807) is 18.2 Å². The first kappa shape index (κ1) is 22.9. The first-order valence-corrected chi connectivity index (χ1v) is 11.6. The van der Waals surface area contributed by atoms with Gasteiger partial charge < -0.3 is 20.7 Å². The summed E-state index contributed by atoms with van der Waals surface area (Å²) >= 11 is 0. The molecule has 6 nitrogen and oxygen atoms in total. The third kappa shape index (κ3) is 4.83. The Bertz CT molecular complexity index is 1430. The molecule has 4 aromatic carbocycles. The van der Waals surface area contributed by atoms with Gasteiger partial charge in [0, 0.05) is 23.5 Å². The molecule has 36 heavy (non-hydrogen) atoms. The van der Waals surface area contributed by atoms with Crippen LogP contribution in [0.15, 0.2) is 103 Å². The van der Waals surface area contributed by atoms with E-state index in [2.05, 4.69) is 28.1 Å². The first-order valence-electron chi connectivity index (χ1n) is 11.6. The maximum atomic E-state index is 13.1. The third-order valence-electron chi connectivity index (χ3n) is 5.99. The van der Waals surface area contributed by atoms with E-state index in [4.69, 9.17) is 4.74 Å². The van der Waals surface area contributed by atoms with Crippen molar-refractivity contribution in [2.75, 3.05) is 23.1 Å². The molecule has 0 unspecified atom stereocenters. The summed E-state index contributed by atoms with van der Waals surface area (Å²) in [5, 5.41) is 9.77. The van der Waals surface area contributed by atoms with Gasteiger partial charge in [0.15, 0.2) is 0 Å². The maximum Gasteiger partial charge on any atom is 0.337 e. The molecule has 3 N–H and O–H groups in total. The molecule has 0 radical (unpaired) electrons. The van der Waals surface area contributed by atoms with Crippen LogP contribution in [0.3, 0.4) is 0 Å². The van der Waals surface area contributed by atoms with Gasteiger partial charge in [-0.15, -0.1) is 0 Å². The lowest BCUT2D eigenvalue weighted by molar-refractivity contribution is -0.110. The van der Waals surface area contributed by atoms with Gasteiger partial charge in [-0.1, -0.05) is 66.7 Å². The summed E-state index contributed by atoms with van der Waals surface area (Å²) in [5.74, 6) is -0.685. The number of nitrogens with one attached hydrogen (secondary N) is 3. The van der Waals surface area contributed by atoms with Crippen LogP contribution in [0.1, 0.15) is 27.0 Å². The zero-order valence-corrected chi connectivity index (χ0v) is 19.7. The van der Waals surface area contributed by atoms with Crippen LogP contribution in [0.25, 0.3) is 11.3 Å². The molecule has 4 aromatic rings. The number of anilines is 3. The number of esters is 1. The maximum absolute atomic E-state index is 13.1. The van der Waals surface area contributed by atoms with Crippen molar-refractivity contribution in [3.8, 4) is 0 Å². The van der Waals surface area contributed by atoms with Crippen molar-refractivity contribution in [3.05, 3.63) is 125 Å². The average Bonchev–Trinajstić information content (AvgIpc) is 3.26. The number of rotatable bonds is 7. The Morgan fingerprint density at radius 1 is 0.806 bits per heavy atom. The number of amides is 1. The van der Waals surface area contributed by atoms with Gasteiger partial charge in [0.1, 0.15) is 0 Å². The summed E-state index contributed by atoms with van der Waals surface area (Å²) in [5.41, 5.74) is 6.83. The molecular weight excluding hydrogens is 450 g/mol. The summed E-state index contributed by atoms with van der Waals surface area (Å²) < 4.78 is 4.82. The van der Waals surface area contributed by atoms with E-state index >= 15 is 0 Å². The van der Waals surface area contributed by atoms with Crippen molar-refractivity contribution in [2.24, 2.45) is 0 Å². The van der Waals surface area contributed by atoms with E-state index in [9.17, 15) is 9.59 Å². The standard InChI is InChI=1S/C30H25N3O3/c1-36-30(35)22-14-17-25-26(18-22)33-29(34)27(25)28(21-8-4-2-5-9-21)32-24-15-12-20(13-16-24)19-31-23-10-6-3-7-11-23/h2-18,31-32H,19H2,1H3,(H,33,34). The molecule has 0 saturated heterocycles. The molecule has 5 rings (SSSR count). The summed E-state index contributed by atoms with van der Waals surface area (Å²) in [6, 6.07) is 33.0. The Hall–Kier alpha value is -4.84. The number of carbonyl (C=O) groups is 2. The number of methoxy groups -OCH3 is 1. The molecule has 1 amide bonds. The van der Waals surface area contributed by atoms with Crippen molar-refractivity contribution in [1.82, 2.24) is 0 Å². The minimum absolute atomic E-state index is 0.234. The highest BCUT2D eigenvalue weighted by atomic mass is 16.5. The number of hydrogen-bond acceptors (Lipinski definition) is 5. The van der Waals surface area contributed by atoms with Crippen LogP contribution in [-0.2, 0) is 16.1 Å². The third-order valence-corrected chi connectivity index (χ3v) is 5.99. The summed E-state index contributed by atoms with van der Waals surface area (Å²) in [4.78, 5) is 25.1. The van der Waals surface area contributed by atoms with Crippen LogP contribution < -0.4 is 16.0 Å². The lowest BCUT2D eigenvalue weighted by atomic mass is 9.99. The van der Waals surface area contributed by atoms with Crippen LogP contribution >= 0.6 is 0 Å². The van der Waals surface area contributed by atoms with Gasteiger partial charge in [-0.2, -0.15) is 0 Å². The topological polar surface area (TPSA) is 79.5 Å². The zero-order chi connectivity index (χ0) is 24.9. The molecule has 0 aromatic heterocycles. The Morgan fingerprint density at radius 2 is 1.50 bits per heavy atom. The second-order valence-corrected chi connectivity index (χ2v) is 8.36. The van der Waals surface area contributed by atoms with Gasteiger partial charge in [-0.3, -0.25) is 4.79 Å². The summed E-state index contributed by atoms with van der Waals surface area (Å²) in [6.07, 6.45) is 0. The van der Waals surface area contributed by atoms with Crippen LogP contribution in [0.4, 0.5) is 17.1 Å². The molecule has 0 atom stereocenters. The molecule has 0 aliphatic carbocycles. The molecule has 178 valence electrons. The average molecular weight is 476 g/mol. The highest BCUT2D eigenvalue weighted by molar-refractivity contribution is 6.37. The molecule has 6 heteroatoms. The SMILES string of the molecule is COC(=O)c1ccc2c(c1)NC(=O)C2=C(Nc1ccc(CNc2ccccc2)cc1)c1ccccc1. The second-order valence-electron chi connectivity index (χ2n) is 8.36. The number of fused-ring (bicyclic) bond motifs is 1. The number of benzene rings is 4. The van der Waals surface area contributed by atoms with E-state index in [0.29, 0.717) is 29.1 Å². The van der Waals surface area contributed by atoms with Gasteiger partial charge >= 0.3 is 5.97 Å². The monoisotopic (exact) mass is 475 g/mol. The smallest absolute Gasteiger partial charge is 0.337 e. The minimum atomic E-state index is -0.451.